The lowest BCUT2D eigenvalue weighted by atomic mass is 9.99. The van der Waals surface area contributed by atoms with E-state index in [2.05, 4.69) is 10.2 Å². The van der Waals surface area contributed by atoms with Crippen molar-refractivity contribution in [1.82, 2.24) is 14.5 Å². The number of rotatable bonds is 6. The molecule has 0 aliphatic carbocycles. The lowest BCUT2D eigenvalue weighted by molar-refractivity contribution is 0.318. The number of piperidine rings is 1. The molecule has 0 amide bonds. The molecule has 0 spiro atoms. The first-order chi connectivity index (χ1) is 14.5. The van der Waals surface area contributed by atoms with Crippen LogP contribution >= 0.6 is 11.3 Å². The van der Waals surface area contributed by atoms with E-state index in [4.69, 9.17) is 4.74 Å². The van der Waals surface area contributed by atoms with Crippen molar-refractivity contribution in [2.75, 3.05) is 20.2 Å². The van der Waals surface area contributed by atoms with E-state index in [0.717, 1.165) is 46.2 Å². The molecule has 1 aliphatic heterocycles. The highest BCUT2D eigenvalue weighted by molar-refractivity contribution is 7.89. The molecule has 1 aromatic heterocycles. The Morgan fingerprint density at radius 3 is 2.33 bits per heavy atom. The van der Waals surface area contributed by atoms with Gasteiger partial charge in [0.05, 0.1) is 12.0 Å². The van der Waals surface area contributed by atoms with Gasteiger partial charge in [0.25, 0.3) is 0 Å². The van der Waals surface area contributed by atoms with Crippen LogP contribution in [0.3, 0.4) is 0 Å². The van der Waals surface area contributed by atoms with Crippen molar-refractivity contribution < 1.29 is 13.2 Å². The zero-order chi connectivity index (χ0) is 21.1. The molecule has 1 fully saturated rings. The average molecular weight is 444 g/mol. The number of hydrogen-bond acceptors (Lipinski definition) is 6. The Hall–Kier alpha value is -2.29. The summed E-state index contributed by atoms with van der Waals surface area (Å²) >= 11 is 1.63. The molecule has 0 atom stereocenters. The Labute approximate surface area is 181 Å². The fraction of sp³-hybridized carbons (Fsp3) is 0.364. The molecule has 1 aliphatic rings. The van der Waals surface area contributed by atoms with Gasteiger partial charge >= 0.3 is 0 Å². The standard InChI is InChI=1S/C22H25N3O3S2/c1-16-3-9-20(10-4-16)30(26,27)25-13-11-18(12-14-25)22-24-23-21(29-22)15-17-5-7-19(28-2)8-6-17/h3-10,18H,11-15H2,1-2H3. The number of benzene rings is 2. The molecule has 0 radical (unpaired) electrons. The second kappa shape index (κ2) is 8.83. The highest BCUT2D eigenvalue weighted by Crippen LogP contribution is 2.33. The van der Waals surface area contributed by atoms with Gasteiger partial charge in [-0.25, -0.2) is 8.42 Å². The quantitative estimate of drug-likeness (QED) is 0.575. The highest BCUT2D eigenvalue weighted by Gasteiger charge is 2.31. The predicted molar refractivity (Wildman–Crippen MR) is 118 cm³/mol. The third-order valence-corrected chi connectivity index (χ3v) is 8.46. The van der Waals surface area contributed by atoms with Crippen LogP contribution in [0.2, 0.25) is 0 Å². The summed E-state index contributed by atoms with van der Waals surface area (Å²) in [6.45, 7) is 2.97. The second-order valence-electron chi connectivity index (χ2n) is 7.55. The molecule has 8 heteroatoms. The molecular formula is C22H25N3O3S2. The van der Waals surface area contributed by atoms with Crippen molar-refractivity contribution in [1.29, 1.82) is 0 Å². The van der Waals surface area contributed by atoms with Crippen molar-refractivity contribution in [3.63, 3.8) is 0 Å². The first-order valence-electron chi connectivity index (χ1n) is 9.98. The molecule has 6 nitrogen and oxygen atoms in total. The van der Waals surface area contributed by atoms with Crippen LogP contribution in [0.4, 0.5) is 0 Å². The van der Waals surface area contributed by atoms with Gasteiger partial charge in [0.2, 0.25) is 10.0 Å². The normalized spacial score (nSPS) is 15.9. The second-order valence-corrected chi connectivity index (χ2v) is 10.6. The third kappa shape index (κ3) is 4.55. The summed E-state index contributed by atoms with van der Waals surface area (Å²) in [4.78, 5) is 0.365. The molecule has 2 heterocycles. The van der Waals surface area contributed by atoms with Crippen LogP contribution in [0, 0.1) is 6.92 Å². The van der Waals surface area contributed by atoms with E-state index >= 15 is 0 Å². The van der Waals surface area contributed by atoms with Gasteiger partial charge in [0.1, 0.15) is 15.8 Å². The molecule has 2 aromatic carbocycles. The number of ether oxygens (including phenoxy) is 1. The lowest BCUT2D eigenvalue weighted by Gasteiger charge is -2.30. The van der Waals surface area contributed by atoms with Crippen LogP contribution in [0.25, 0.3) is 0 Å². The van der Waals surface area contributed by atoms with Crippen LogP contribution in [0.5, 0.6) is 5.75 Å². The van der Waals surface area contributed by atoms with Crippen molar-refractivity contribution in [2.45, 2.75) is 37.0 Å². The molecule has 3 aromatic rings. The van der Waals surface area contributed by atoms with E-state index in [9.17, 15) is 8.42 Å². The highest BCUT2D eigenvalue weighted by atomic mass is 32.2. The smallest absolute Gasteiger partial charge is 0.243 e. The summed E-state index contributed by atoms with van der Waals surface area (Å²) in [5.41, 5.74) is 2.21. The molecule has 1 saturated heterocycles. The van der Waals surface area contributed by atoms with Crippen molar-refractivity contribution in [3.05, 3.63) is 69.7 Å². The first kappa shape index (κ1) is 21.0. The monoisotopic (exact) mass is 443 g/mol. The first-order valence-corrected chi connectivity index (χ1v) is 12.2. The van der Waals surface area contributed by atoms with Crippen LogP contribution < -0.4 is 4.74 Å². The number of methoxy groups -OCH3 is 1. The SMILES string of the molecule is COc1ccc(Cc2nnc(C3CCN(S(=O)(=O)c4ccc(C)cc4)CC3)s2)cc1. The summed E-state index contributed by atoms with van der Waals surface area (Å²) in [5.74, 6) is 1.10. The summed E-state index contributed by atoms with van der Waals surface area (Å²) in [6.07, 6.45) is 2.27. The largest absolute Gasteiger partial charge is 0.497 e. The summed E-state index contributed by atoms with van der Waals surface area (Å²) < 4.78 is 32.6. The average Bonchev–Trinajstić information content (AvgIpc) is 3.23. The van der Waals surface area contributed by atoms with Crippen LogP contribution in [0.15, 0.2) is 53.4 Å². The molecule has 0 bridgehead atoms. The molecule has 30 heavy (non-hydrogen) atoms. The predicted octanol–water partition coefficient (Wildman–Crippen LogP) is 4.01. The fourth-order valence-corrected chi connectivity index (χ4v) is 6.14. The van der Waals surface area contributed by atoms with Crippen molar-refractivity contribution in [3.8, 4) is 5.75 Å². The number of sulfonamides is 1. The van der Waals surface area contributed by atoms with Gasteiger partial charge in [-0.2, -0.15) is 4.31 Å². The Balaban J connectivity index is 1.38. The van der Waals surface area contributed by atoms with Crippen LogP contribution in [0.1, 0.15) is 39.9 Å². The Kier molecular flexibility index (Phi) is 6.17. The fourth-order valence-electron chi connectivity index (χ4n) is 3.62. The van der Waals surface area contributed by atoms with Gasteiger partial charge in [-0.3, -0.25) is 0 Å². The molecule has 0 saturated carbocycles. The van der Waals surface area contributed by atoms with E-state index in [1.165, 1.54) is 0 Å². The maximum Gasteiger partial charge on any atom is 0.243 e. The summed E-state index contributed by atoms with van der Waals surface area (Å²) in [7, 11) is -1.78. The van der Waals surface area contributed by atoms with Gasteiger partial charge in [0, 0.05) is 25.4 Å². The molecule has 0 unspecified atom stereocenters. The lowest BCUT2D eigenvalue weighted by Crippen LogP contribution is -2.37. The van der Waals surface area contributed by atoms with E-state index in [0.29, 0.717) is 18.0 Å². The minimum Gasteiger partial charge on any atom is -0.497 e. The van der Waals surface area contributed by atoms with Crippen molar-refractivity contribution >= 4 is 21.4 Å². The van der Waals surface area contributed by atoms with Crippen LogP contribution in [-0.4, -0.2) is 43.1 Å². The molecule has 0 N–H and O–H groups in total. The van der Waals surface area contributed by atoms with E-state index in [-0.39, 0.29) is 5.92 Å². The maximum atomic E-state index is 12.9. The molecule has 4 rings (SSSR count). The van der Waals surface area contributed by atoms with Crippen LogP contribution in [-0.2, 0) is 16.4 Å². The Morgan fingerprint density at radius 1 is 1.03 bits per heavy atom. The molecule has 158 valence electrons. The van der Waals surface area contributed by atoms with Gasteiger partial charge < -0.3 is 4.74 Å². The zero-order valence-corrected chi connectivity index (χ0v) is 18.7. The Morgan fingerprint density at radius 2 is 1.70 bits per heavy atom. The number of nitrogens with zero attached hydrogens (tertiary/aromatic N) is 3. The minimum atomic E-state index is -3.44. The Bertz CT molecular complexity index is 1090. The number of hydrogen-bond donors (Lipinski definition) is 0. The van der Waals surface area contributed by atoms with Gasteiger partial charge in [0.15, 0.2) is 0 Å². The third-order valence-electron chi connectivity index (χ3n) is 5.46. The number of aryl methyl sites for hydroxylation is 1. The zero-order valence-electron chi connectivity index (χ0n) is 17.1. The van der Waals surface area contributed by atoms with Crippen molar-refractivity contribution in [2.24, 2.45) is 0 Å². The summed E-state index contributed by atoms with van der Waals surface area (Å²) in [5, 5.41) is 10.7. The summed E-state index contributed by atoms with van der Waals surface area (Å²) in [6, 6.07) is 15.0. The van der Waals surface area contributed by atoms with Gasteiger partial charge in [-0.05, 0) is 49.6 Å². The molecular weight excluding hydrogens is 418 g/mol. The van der Waals surface area contributed by atoms with E-state index in [1.54, 1.807) is 34.9 Å². The van der Waals surface area contributed by atoms with E-state index in [1.807, 2.05) is 43.3 Å². The van der Waals surface area contributed by atoms with E-state index < -0.39 is 10.0 Å². The maximum absolute atomic E-state index is 12.9. The number of aromatic nitrogens is 2. The van der Waals surface area contributed by atoms with Gasteiger partial charge in [-0.15, -0.1) is 21.5 Å². The van der Waals surface area contributed by atoms with Gasteiger partial charge in [-0.1, -0.05) is 29.8 Å². The minimum absolute atomic E-state index is 0.261. The topological polar surface area (TPSA) is 72.4 Å².